The lowest BCUT2D eigenvalue weighted by Gasteiger charge is -2.39. The molecule has 1 amide bonds. The van der Waals surface area contributed by atoms with Gasteiger partial charge in [0.2, 0.25) is 5.91 Å². The first-order chi connectivity index (χ1) is 15.1. The zero-order chi connectivity index (χ0) is 21.8. The first-order valence-corrected chi connectivity index (χ1v) is 12.0. The van der Waals surface area contributed by atoms with Crippen LogP contribution in [0.1, 0.15) is 45.6 Å². The highest BCUT2D eigenvalue weighted by molar-refractivity contribution is 7.99. The van der Waals surface area contributed by atoms with E-state index in [0.717, 1.165) is 41.5 Å². The SMILES string of the molecule is CCc1ccc(-n2c(SCC(=O)N3[C@H](C)CCC[C@@H]3C)nnc2-c2ccncc2)cc1. The Bertz CT molecular complexity index is 1010. The molecule has 3 aromatic rings. The summed E-state index contributed by atoms with van der Waals surface area (Å²) in [7, 11) is 0. The topological polar surface area (TPSA) is 63.9 Å². The van der Waals surface area contributed by atoms with Gasteiger partial charge in [0, 0.05) is 35.7 Å². The lowest BCUT2D eigenvalue weighted by atomic mass is 9.98. The van der Waals surface area contributed by atoms with E-state index in [1.54, 1.807) is 12.4 Å². The summed E-state index contributed by atoms with van der Waals surface area (Å²) in [6.07, 6.45) is 7.84. The number of pyridine rings is 1. The van der Waals surface area contributed by atoms with E-state index in [2.05, 4.69) is 65.1 Å². The quantitative estimate of drug-likeness (QED) is 0.522. The van der Waals surface area contributed by atoms with Gasteiger partial charge in [-0.05, 0) is 69.4 Å². The van der Waals surface area contributed by atoms with Crippen LogP contribution in [0.3, 0.4) is 0 Å². The molecule has 1 aliphatic heterocycles. The number of likely N-dealkylation sites (tertiary alicyclic amines) is 1. The maximum Gasteiger partial charge on any atom is 0.233 e. The maximum atomic E-state index is 13.0. The molecule has 162 valence electrons. The Labute approximate surface area is 188 Å². The molecule has 4 rings (SSSR count). The van der Waals surface area contributed by atoms with Gasteiger partial charge in [-0.25, -0.2) is 0 Å². The van der Waals surface area contributed by atoms with Crippen LogP contribution < -0.4 is 0 Å². The highest BCUT2D eigenvalue weighted by Crippen LogP contribution is 2.29. The molecule has 1 aliphatic rings. The van der Waals surface area contributed by atoms with Crippen LogP contribution in [-0.4, -0.2) is 48.4 Å². The van der Waals surface area contributed by atoms with E-state index < -0.39 is 0 Å². The number of aromatic nitrogens is 4. The van der Waals surface area contributed by atoms with Gasteiger partial charge in [-0.3, -0.25) is 14.3 Å². The summed E-state index contributed by atoms with van der Waals surface area (Å²) in [5, 5.41) is 9.64. The molecule has 1 saturated heterocycles. The number of hydrogen-bond donors (Lipinski definition) is 0. The Hall–Kier alpha value is -2.67. The Morgan fingerprint density at radius 1 is 1.03 bits per heavy atom. The Morgan fingerprint density at radius 2 is 1.71 bits per heavy atom. The summed E-state index contributed by atoms with van der Waals surface area (Å²) in [5.74, 6) is 1.28. The molecule has 0 saturated carbocycles. The van der Waals surface area contributed by atoms with Gasteiger partial charge >= 0.3 is 0 Å². The monoisotopic (exact) mass is 435 g/mol. The van der Waals surface area contributed by atoms with Gasteiger partial charge in [0.25, 0.3) is 0 Å². The molecule has 0 bridgehead atoms. The van der Waals surface area contributed by atoms with Crippen molar-refractivity contribution in [2.45, 2.75) is 63.7 Å². The van der Waals surface area contributed by atoms with Gasteiger partial charge in [-0.1, -0.05) is 30.8 Å². The van der Waals surface area contributed by atoms with Gasteiger partial charge in [-0.2, -0.15) is 0 Å². The van der Waals surface area contributed by atoms with Crippen molar-refractivity contribution < 1.29 is 4.79 Å². The number of piperidine rings is 1. The fraction of sp³-hybridized carbons (Fsp3) is 0.417. The maximum absolute atomic E-state index is 13.0. The Balaban J connectivity index is 1.63. The number of carbonyl (C=O) groups excluding carboxylic acids is 1. The molecule has 0 aliphatic carbocycles. The van der Waals surface area contributed by atoms with Crippen LogP contribution in [0.25, 0.3) is 17.1 Å². The summed E-state index contributed by atoms with van der Waals surface area (Å²) in [6, 6.07) is 12.9. The molecule has 0 spiro atoms. The van der Waals surface area contributed by atoms with Crippen LogP contribution in [0.2, 0.25) is 0 Å². The van der Waals surface area contributed by atoms with Crippen LogP contribution in [0.5, 0.6) is 0 Å². The Morgan fingerprint density at radius 3 is 2.35 bits per heavy atom. The van der Waals surface area contributed by atoms with Crippen LogP contribution in [-0.2, 0) is 11.2 Å². The molecule has 1 fully saturated rings. The van der Waals surface area contributed by atoms with Gasteiger partial charge in [-0.15, -0.1) is 10.2 Å². The Kier molecular flexibility index (Phi) is 6.70. The van der Waals surface area contributed by atoms with Gasteiger partial charge < -0.3 is 4.90 Å². The third-order valence-corrected chi connectivity index (χ3v) is 6.89. The van der Waals surface area contributed by atoms with Crippen molar-refractivity contribution in [1.29, 1.82) is 0 Å². The second-order valence-electron chi connectivity index (χ2n) is 8.12. The first kappa shape index (κ1) is 21.6. The highest BCUT2D eigenvalue weighted by Gasteiger charge is 2.29. The van der Waals surface area contributed by atoms with Crippen LogP contribution in [0.4, 0.5) is 0 Å². The predicted molar refractivity (Wildman–Crippen MR) is 124 cm³/mol. The van der Waals surface area contributed by atoms with Gasteiger partial charge in [0.15, 0.2) is 11.0 Å². The van der Waals surface area contributed by atoms with E-state index >= 15 is 0 Å². The largest absolute Gasteiger partial charge is 0.337 e. The minimum atomic E-state index is 0.172. The number of hydrogen-bond acceptors (Lipinski definition) is 5. The van der Waals surface area contributed by atoms with Crippen molar-refractivity contribution in [2.24, 2.45) is 0 Å². The molecule has 0 N–H and O–H groups in total. The van der Waals surface area contributed by atoms with Crippen LogP contribution in [0, 0.1) is 0 Å². The predicted octanol–water partition coefficient (Wildman–Crippen LogP) is 4.77. The zero-order valence-corrected chi connectivity index (χ0v) is 19.2. The average molecular weight is 436 g/mol. The molecule has 2 aromatic heterocycles. The number of amides is 1. The van der Waals surface area contributed by atoms with Crippen molar-refractivity contribution >= 4 is 17.7 Å². The molecule has 7 heteroatoms. The standard InChI is InChI=1S/C24H29N5OS/c1-4-19-8-10-21(11-9-19)29-23(20-12-14-25-15-13-20)26-27-24(29)31-16-22(30)28-17(2)6-5-7-18(28)3/h8-15,17-18H,4-7,16H2,1-3H3/t17-,18+. The van der Waals surface area contributed by atoms with Crippen molar-refractivity contribution in [2.75, 3.05) is 5.75 Å². The lowest BCUT2D eigenvalue weighted by Crippen LogP contribution is -2.48. The van der Waals surface area contributed by atoms with Crippen molar-refractivity contribution in [3.05, 3.63) is 54.4 Å². The smallest absolute Gasteiger partial charge is 0.233 e. The minimum absolute atomic E-state index is 0.172. The molecule has 6 nitrogen and oxygen atoms in total. The first-order valence-electron chi connectivity index (χ1n) is 11.0. The number of thioether (sulfide) groups is 1. The second kappa shape index (κ2) is 9.64. The number of carbonyl (C=O) groups is 1. The fourth-order valence-electron chi connectivity index (χ4n) is 4.28. The third kappa shape index (κ3) is 4.66. The summed E-state index contributed by atoms with van der Waals surface area (Å²) < 4.78 is 2.04. The summed E-state index contributed by atoms with van der Waals surface area (Å²) in [4.78, 5) is 19.2. The van der Waals surface area contributed by atoms with Crippen molar-refractivity contribution in [1.82, 2.24) is 24.6 Å². The van der Waals surface area contributed by atoms with Crippen molar-refractivity contribution in [3.63, 3.8) is 0 Å². The molecule has 2 atom stereocenters. The molecule has 0 radical (unpaired) electrons. The molecule has 1 aromatic carbocycles. The number of nitrogens with zero attached hydrogens (tertiary/aromatic N) is 5. The molecule has 3 heterocycles. The minimum Gasteiger partial charge on any atom is -0.337 e. The zero-order valence-electron chi connectivity index (χ0n) is 18.4. The van der Waals surface area contributed by atoms with Crippen LogP contribution in [0.15, 0.2) is 53.9 Å². The van der Waals surface area contributed by atoms with Gasteiger partial charge in [0.1, 0.15) is 0 Å². The highest BCUT2D eigenvalue weighted by atomic mass is 32.2. The third-order valence-electron chi connectivity index (χ3n) is 5.98. The summed E-state index contributed by atoms with van der Waals surface area (Å²) >= 11 is 1.46. The molecular formula is C24H29N5OS. The second-order valence-corrected chi connectivity index (χ2v) is 9.06. The van der Waals surface area contributed by atoms with E-state index in [4.69, 9.17) is 0 Å². The number of aryl methyl sites for hydroxylation is 1. The van der Waals surface area contributed by atoms with Crippen molar-refractivity contribution in [3.8, 4) is 17.1 Å². The number of rotatable bonds is 6. The normalized spacial score (nSPS) is 18.9. The van der Waals surface area contributed by atoms with Gasteiger partial charge in [0.05, 0.1) is 5.75 Å². The average Bonchev–Trinajstić information content (AvgIpc) is 3.22. The summed E-state index contributed by atoms with van der Waals surface area (Å²) in [5.41, 5.74) is 3.21. The molecule has 31 heavy (non-hydrogen) atoms. The summed E-state index contributed by atoms with van der Waals surface area (Å²) in [6.45, 7) is 6.45. The van der Waals surface area contributed by atoms with E-state index in [-0.39, 0.29) is 5.91 Å². The van der Waals surface area contributed by atoms with E-state index in [1.807, 2.05) is 16.7 Å². The molecular weight excluding hydrogens is 406 g/mol. The van der Waals surface area contributed by atoms with E-state index in [9.17, 15) is 4.79 Å². The van der Waals surface area contributed by atoms with Crippen LogP contribution >= 0.6 is 11.8 Å². The number of benzene rings is 1. The van der Waals surface area contributed by atoms with E-state index in [1.165, 1.54) is 23.7 Å². The van der Waals surface area contributed by atoms with E-state index in [0.29, 0.717) is 17.8 Å². The lowest BCUT2D eigenvalue weighted by molar-refractivity contribution is -0.134. The molecule has 0 unspecified atom stereocenters. The fourth-order valence-corrected chi connectivity index (χ4v) is 5.10.